The van der Waals surface area contributed by atoms with Crippen LogP contribution in [0.3, 0.4) is 0 Å². The van der Waals surface area contributed by atoms with E-state index in [0.717, 1.165) is 12.1 Å². The zero-order chi connectivity index (χ0) is 24.6. The molecule has 1 aromatic carbocycles. The highest BCUT2D eigenvalue weighted by Crippen LogP contribution is 2.30. The van der Waals surface area contributed by atoms with Gasteiger partial charge >= 0.3 is 12.2 Å². The van der Waals surface area contributed by atoms with E-state index in [1.807, 2.05) is 13.8 Å². The van der Waals surface area contributed by atoms with Gasteiger partial charge in [-0.3, -0.25) is 4.90 Å². The summed E-state index contributed by atoms with van der Waals surface area (Å²) in [5, 5.41) is 6.12. The largest absolute Gasteiger partial charge is 0.416 e. The molecule has 3 atom stereocenters. The molecule has 8 nitrogen and oxygen atoms in total. The summed E-state index contributed by atoms with van der Waals surface area (Å²) in [5.74, 6) is 1.07. The van der Waals surface area contributed by atoms with Crippen molar-refractivity contribution in [1.29, 1.82) is 0 Å². The van der Waals surface area contributed by atoms with Crippen LogP contribution < -0.4 is 15.5 Å². The van der Waals surface area contributed by atoms with Crippen LogP contribution in [0.15, 0.2) is 49.1 Å². The third kappa shape index (κ3) is 4.68. The van der Waals surface area contributed by atoms with Crippen molar-refractivity contribution in [3.63, 3.8) is 0 Å². The van der Waals surface area contributed by atoms with Gasteiger partial charge in [0.2, 0.25) is 5.95 Å². The van der Waals surface area contributed by atoms with Crippen molar-refractivity contribution in [1.82, 2.24) is 24.8 Å². The fourth-order valence-electron chi connectivity index (χ4n) is 4.19. The van der Waals surface area contributed by atoms with Crippen molar-refractivity contribution in [3.8, 4) is 5.69 Å². The van der Waals surface area contributed by atoms with E-state index in [9.17, 15) is 18.0 Å². The Morgan fingerprint density at radius 3 is 2.44 bits per heavy atom. The van der Waals surface area contributed by atoms with Gasteiger partial charge in [0.1, 0.15) is 5.82 Å². The molecule has 3 heterocycles. The highest BCUT2D eigenvalue weighted by molar-refractivity contribution is 5.94. The quantitative estimate of drug-likeness (QED) is 0.537. The molecular weight excluding hydrogens is 447 g/mol. The van der Waals surface area contributed by atoms with Crippen LogP contribution in [0, 0.1) is 5.92 Å². The smallest absolute Gasteiger partial charge is 0.346 e. The molecule has 180 valence electrons. The van der Waals surface area contributed by atoms with Crippen LogP contribution in [0.5, 0.6) is 0 Å². The van der Waals surface area contributed by atoms with E-state index >= 15 is 0 Å². The lowest BCUT2D eigenvalue weighted by molar-refractivity contribution is -0.137. The van der Waals surface area contributed by atoms with E-state index in [2.05, 4.69) is 39.4 Å². The van der Waals surface area contributed by atoms with Gasteiger partial charge in [0.05, 0.1) is 29.7 Å². The maximum atomic E-state index is 12.8. The lowest BCUT2D eigenvalue weighted by Gasteiger charge is -2.27. The molecule has 11 heteroatoms. The summed E-state index contributed by atoms with van der Waals surface area (Å²) in [6.45, 7) is 7.96. The number of aromatic nitrogens is 4. The predicted molar refractivity (Wildman–Crippen MR) is 122 cm³/mol. The number of urea groups is 1. The number of hydrogen-bond donors (Lipinski definition) is 2. The van der Waals surface area contributed by atoms with Gasteiger partial charge in [0.15, 0.2) is 0 Å². The molecule has 2 N–H and O–H groups in total. The minimum atomic E-state index is -4.38. The Bertz CT molecular complexity index is 1160. The van der Waals surface area contributed by atoms with Crippen molar-refractivity contribution < 1.29 is 18.0 Å². The molecule has 1 saturated heterocycles. The number of rotatable bonds is 6. The number of carbonyl (C=O) groups excluding carboxylic acids is 1. The van der Waals surface area contributed by atoms with Gasteiger partial charge in [0.25, 0.3) is 0 Å². The van der Waals surface area contributed by atoms with Crippen molar-refractivity contribution in [3.05, 3.63) is 60.3 Å². The Morgan fingerprint density at radius 1 is 1.09 bits per heavy atom. The summed E-state index contributed by atoms with van der Waals surface area (Å²) >= 11 is 0. The number of hydrogen-bond acceptors (Lipinski definition) is 5. The van der Waals surface area contributed by atoms with E-state index in [4.69, 9.17) is 0 Å². The number of amides is 2. The monoisotopic (exact) mass is 473 g/mol. The second-order valence-corrected chi connectivity index (χ2v) is 8.70. The van der Waals surface area contributed by atoms with Crippen LogP contribution in [-0.2, 0) is 6.18 Å². The number of carbonyl (C=O) groups is 1. The van der Waals surface area contributed by atoms with Crippen molar-refractivity contribution in [2.45, 2.75) is 52.0 Å². The molecule has 1 fully saturated rings. The molecule has 0 aliphatic carbocycles. The first kappa shape index (κ1) is 23.5. The van der Waals surface area contributed by atoms with E-state index in [0.29, 0.717) is 23.1 Å². The molecule has 0 radical (unpaired) electrons. The molecule has 0 spiro atoms. The fraction of sp³-hybridized carbons (Fsp3) is 0.391. The fourth-order valence-corrected chi connectivity index (χ4v) is 4.19. The zero-order valence-electron chi connectivity index (χ0n) is 19.2. The van der Waals surface area contributed by atoms with Crippen LogP contribution in [0.4, 0.5) is 29.7 Å². The summed E-state index contributed by atoms with van der Waals surface area (Å²) in [6.07, 6.45) is 0.478. The molecular formula is C23H26F3N7O. The molecule has 2 amide bonds. The van der Waals surface area contributed by atoms with Crippen molar-refractivity contribution >= 4 is 17.8 Å². The standard InChI is InChI=1S/C23H26F3N7O/c1-13(2)20-15(4)30-22(34)33(20)19-9-10-27-21(31-19)29-14(3)18-11-32(12-28-18)17-7-5-16(6-8-17)23(24,25)26/h5-15,20H,1-4H3,(H,30,34)(H,27,29,31)/t14-,15+,20-/m0/s1. The Hall–Kier alpha value is -3.63. The maximum Gasteiger partial charge on any atom is 0.416 e. The summed E-state index contributed by atoms with van der Waals surface area (Å²) in [7, 11) is 0. The van der Waals surface area contributed by atoms with Gasteiger partial charge < -0.3 is 15.2 Å². The summed E-state index contributed by atoms with van der Waals surface area (Å²) in [6, 6.07) is 6.03. The number of halogens is 3. The SMILES string of the molecule is CC(C)[C@H]1[C@@H](C)NC(=O)N1c1ccnc(N[C@@H](C)c2cn(-c3ccc(C(F)(F)F)cc3)cn2)n1. The Labute approximate surface area is 195 Å². The van der Waals surface area contributed by atoms with Crippen LogP contribution in [0.1, 0.15) is 45.0 Å². The van der Waals surface area contributed by atoms with Crippen LogP contribution in [0.25, 0.3) is 5.69 Å². The highest BCUT2D eigenvalue weighted by atomic mass is 19.4. The van der Waals surface area contributed by atoms with Crippen molar-refractivity contribution in [2.75, 3.05) is 10.2 Å². The predicted octanol–water partition coefficient (Wildman–Crippen LogP) is 4.80. The van der Waals surface area contributed by atoms with Gasteiger partial charge in [0, 0.05) is 24.1 Å². The highest BCUT2D eigenvalue weighted by Gasteiger charge is 2.40. The molecule has 34 heavy (non-hydrogen) atoms. The minimum Gasteiger partial charge on any atom is -0.346 e. The number of imidazole rings is 1. The first-order chi connectivity index (χ1) is 16.0. The second kappa shape index (κ2) is 8.96. The molecule has 0 bridgehead atoms. The molecule has 1 aliphatic rings. The van der Waals surface area contributed by atoms with Gasteiger partial charge in [-0.1, -0.05) is 13.8 Å². The average Bonchev–Trinajstić information content (AvgIpc) is 3.38. The first-order valence-corrected chi connectivity index (χ1v) is 11.0. The Kier molecular flexibility index (Phi) is 6.20. The number of nitrogens with one attached hydrogen (secondary N) is 2. The number of benzene rings is 1. The van der Waals surface area contributed by atoms with E-state index < -0.39 is 11.7 Å². The molecule has 2 aromatic heterocycles. The van der Waals surface area contributed by atoms with Crippen LogP contribution >= 0.6 is 0 Å². The summed E-state index contributed by atoms with van der Waals surface area (Å²) < 4.78 is 40.1. The normalized spacial score (nSPS) is 19.4. The lowest BCUT2D eigenvalue weighted by atomic mass is 9.98. The van der Waals surface area contributed by atoms with E-state index in [1.54, 1.807) is 27.9 Å². The third-order valence-electron chi connectivity index (χ3n) is 5.84. The first-order valence-electron chi connectivity index (χ1n) is 11.0. The van der Waals surface area contributed by atoms with Gasteiger partial charge in [-0.2, -0.15) is 18.2 Å². The molecule has 1 aliphatic heterocycles. The lowest BCUT2D eigenvalue weighted by Crippen LogP contribution is -2.40. The molecule has 0 saturated carbocycles. The third-order valence-corrected chi connectivity index (χ3v) is 5.84. The van der Waals surface area contributed by atoms with Gasteiger partial charge in [-0.15, -0.1) is 0 Å². The van der Waals surface area contributed by atoms with Crippen LogP contribution in [-0.4, -0.2) is 37.6 Å². The molecule has 4 rings (SSSR count). The average molecular weight is 474 g/mol. The van der Waals surface area contributed by atoms with Crippen molar-refractivity contribution in [2.24, 2.45) is 5.92 Å². The molecule has 0 unspecified atom stereocenters. The Morgan fingerprint density at radius 2 is 1.79 bits per heavy atom. The minimum absolute atomic E-state index is 0.00744. The maximum absolute atomic E-state index is 12.8. The zero-order valence-corrected chi connectivity index (χ0v) is 19.2. The summed E-state index contributed by atoms with van der Waals surface area (Å²) in [5.41, 5.74) is 0.511. The van der Waals surface area contributed by atoms with E-state index in [1.165, 1.54) is 18.5 Å². The van der Waals surface area contributed by atoms with E-state index in [-0.39, 0.29) is 30.1 Å². The number of anilines is 2. The van der Waals surface area contributed by atoms with Crippen LogP contribution in [0.2, 0.25) is 0 Å². The number of alkyl halides is 3. The van der Waals surface area contributed by atoms with Gasteiger partial charge in [-0.05, 0) is 50.1 Å². The Balaban J connectivity index is 1.49. The second-order valence-electron chi connectivity index (χ2n) is 8.70. The molecule has 3 aromatic rings. The van der Waals surface area contributed by atoms with Gasteiger partial charge in [-0.25, -0.2) is 14.8 Å². The summed E-state index contributed by atoms with van der Waals surface area (Å²) in [4.78, 5) is 27.4. The number of nitrogens with zero attached hydrogens (tertiary/aromatic N) is 5. The topological polar surface area (TPSA) is 88.0 Å².